The molecule has 0 heterocycles. The molecule has 0 saturated heterocycles. The van der Waals surface area contributed by atoms with Gasteiger partial charge >= 0.3 is 5.97 Å². The number of amides is 1. The summed E-state index contributed by atoms with van der Waals surface area (Å²) in [6, 6.07) is 5.85. The van der Waals surface area contributed by atoms with Gasteiger partial charge in [-0.15, -0.1) is 0 Å². The molecule has 0 aliphatic carbocycles. The molecule has 3 atom stereocenters. The van der Waals surface area contributed by atoms with Crippen LogP contribution in [0, 0.1) is 5.92 Å². The highest BCUT2D eigenvalue weighted by Gasteiger charge is 2.25. The summed E-state index contributed by atoms with van der Waals surface area (Å²) in [6.45, 7) is 3.67. The van der Waals surface area contributed by atoms with Crippen molar-refractivity contribution >= 4 is 22.7 Å². The van der Waals surface area contributed by atoms with Gasteiger partial charge in [-0.3, -0.25) is 9.00 Å². The molecule has 0 spiro atoms. The van der Waals surface area contributed by atoms with Crippen molar-refractivity contribution in [1.82, 2.24) is 5.32 Å². The van der Waals surface area contributed by atoms with Gasteiger partial charge in [-0.2, -0.15) is 0 Å². The van der Waals surface area contributed by atoms with Gasteiger partial charge in [-0.05, 0) is 23.6 Å². The predicted molar refractivity (Wildman–Crippen MR) is 82.6 cm³/mol. The van der Waals surface area contributed by atoms with E-state index in [-0.39, 0.29) is 5.92 Å². The third kappa shape index (κ3) is 5.30. The van der Waals surface area contributed by atoms with E-state index in [4.69, 9.17) is 0 Å². The minimum atomic E-state index is -1.04. The molecule has 1 aromatic rings. The van der Waals surface area contributed by atoms with Gasteiger partial charge in [0.2, 0.25) is 0 Å². The van der Waals surface area contributed by atoms with E-state index in [0.29, 0.717) is 17.7 Å². The van der Waals surface area contributed by atoms with Crippen LogP contribution < -0.4 is 5.32 Å². The first-order chi connectivity index (χ1) is 9.85. The van der Waals surface area contributed by atoms with Gasteiger partial charge < -0.3 is 10.4 Å². The summed E-state index contributed by atoms with van der Waals surface area (Å²) in [5.41, 5.74) is 1.17. The maximum Gasteiger partial charge on any atom is 0.326 e. The van der Waals surface area contributed by atoms with Crippen LogP contribution in [0.2, 0.25) is 0 Å². The molecule has 1 amide bonds. The smallest absolute Gasteiger partial charge is 0.326 e. The molecule has 0 aliphatic rings. The number of benzene rings is 1. The average molecular weight is 311 g/mol. The topological polar surface area (TPSA) is 83.5 Å². The van der Waals surface area contributed by atoms with Crippen LogP contribution in [-0.2, 0) is 21.3 Å². The summed E-state index contributed by atoms with van der Waals surface area (Å²) in [4.78, 5) is 23.4. The number of hydrogen-bond acceptors (Lipinski definition) is 3. The van der Waals surface area contributed by atoms with Crippen LogP contribution in [-0.4, -0.2) is 33.5 Å². The maximum absolute atomic E-state index is 12.2. The van der Waals surface area contributed by atoms with Crippen LogP contribution in [0.5, 0.6) is 0 Å². The molecule has 5 nitrogen and oxygen atoms in total. The fourth-order valence-corrected chi connectivity index (χ4v) is 2.59. The van der Waals surface area contributed by atoms with Gasteiger partial charge in [0.1, 0.15) is 6.04 Å². The fraction of sp³-hybridized carbons (Fsp3) is 0.467. The largest absolute Gasteiger partial charge is 0.480 e. The van der Waals surface area contributed by atoms with Crippen molar-refractivity contribution in [2.24, 2.45) is 5.92 Å². The molecule has 0 saturated carbocycles. The highest BCUT2D eigenvalue weighted by atomic mass is 32.2. The lowest BCUT2D eigenvalue weighted by molar-refractivity contribution is -0.140. The minimum absolute atomic E-state index is 0.155. The average Bonchev–Trinajstić information content (AvgIpc) is 2.42. The van der Waals surface area contributed by atoms with Gasteiger partial charge in [-0.1, -0.05) is 32.4 Å². The number of nitrogens with one attached hydrogen (secondary N) is 1. The van der Waals surface area contributed by atoms with Gasteiger partial charge in [-0.25, -0.2) is 4.79 Å². The number of carbonyl (C=O) groups is 2. The van der Waals surface area contributed by atoms with Crippen molar-refractivity contribution in [2.75, 3.05) is 6.26 Å². The van der Waals surface area contributed by atoms with Gasteiger partial charge in [0.15, 0.2) is 0 Å². The lowest BCUT2D eigenvalue weighted by atomic mass is 9.99. The monoisotopic (exact) mass is 311 g/mol. The Balaban J connectivity index is 2.87. The third-order valence-electron chi connectivity index (χ3n) is 3.32. The molecule has 116 valence electrons. The highest BCUT2D eigenvalue weighted by Crippen LogP contribution is 2.11. The van der Waals surface area contributed by atoms with E-state index in [0.717, 1.165) is 5.56 Å². The van der Waals surface area contributed by atoms with E-state index < -0.39 is 28.7 Å². The molecule has 0 aliphatic heterocycles. The Kier molecular flexibility index (Phi) is 6.55. The lowest BCUT2D eigenvalue weighted by Gasteiger charge is -2.20. The van der Waals surface area contributed by atoms with Crippen LogP contribution in [0.1, 0.15) is 36.2 Å². The number of rotatable bonds is 7. The quantitative estimate of drug-likeness (QED) is 0.804. The maximum atomic E-state index is 12.2. The Morgan fingerprint density at radius 3 is 2.57 bits per heavy atom. The van der Waals surface area contributed by atoms with Gasteiger partial charge in [0, 0.05) is 28.4 Å². The second-order valence-corrected chi connectivity index (χ2v) is 6.53. The second-order valence-electron chi connectivity index (χ2n) is 5.09. The number of hydrogen-bond donors (Lipinski definition) is 2. The predicted octanol–water partition coefficient (Wildman–Crippen LogP) is 1.79. The van der Waals surface area contributed by atoms with Crippen LogP contribution in [0.15, 0.2) is 24.3 Å². The zero-order chi connectivity index (χ0) is 16.0. The van der Waals surface area contributed by atoms with Crippen molar-refractivity contribution < 1.29 is 18.9 Å². The molecule has 21 heavy (non-hydrogen) atoms. The lowest BCUT2D eigenvalue weighted by Crippen LogP contribution is -2.45. The van der Waals surface area contributed by atoms with Crippen LogP contribution >= 0.6 is 0 Å². The Morgan fingerprint density at radius 1 is 1.38 bits per heavy atom. The van der Waals surface area contributed by atoms with E-state index >= 15 is 0 Å². The summed E-state index contributed by atoms with van der Waals surface area (Å²) in [5.74, 6) is -1.25. The zero-order valence-electron chi connectivity index (χ0n) is 12.5. The van der Waals surface area contributed by atoms with Crippen LogP contribution in [0.3, 0.4) is 0 Å². The number of carbonyl (C=O) groups excluding carboxylic acids is 1. The van der Waals surface area contributed by atoms with Crippen molar-refractivity contribution in [3.63, 3.8) is 0 Å². The second kappa shape index (κ2) is 7.93. The molecule has 0 aromatic heterocycles. The van der Waals surface area contributed by atoms with Crippen LogP contribution in [0.25, 0.3) is 0 Å². The minimum Gasteiger partial charge on any atom is -0.480 e. The SMILES string of the molecule is CCC(C)C(NC(=O)c1cccc(CS(C)=O)c1)C(=O)O. The summed E-state index contributed by atoms with van der Waals surface area (Å²) < 4.78 is 11.2. The van der Waals surface area contributed by atoms with E-state index in [1.165, 1.54) is 0 Å². The molecule has 0 radical (unpaired) electrons. The van der Waals surface area contributed by atoms with Crippen molar-refractivity contribution in [1.29, 1.82) is 0 Å². The number of aliphatic carboxylic acids is 1. The van der Waals surface area contributed by atoms with E-state index in [2.05, 4.69) is 5.32 Å². The van der Waals surface area contributed by atoms with E-state index in [1.54, 1.807) is 37.4 Å². The molecule has 0 fully saturated rings. The van der Waals surface area contributed by atoms with Crippen molar-refractivity contribution in [3.8, 4) is 0 Å². The van der Waals surface area contributed by atoms with Gasteiger partial charge in [0.25, 0.3) is 5.91 Å². The Bertz CT molecular complexity index is 544. The Hall–Kier alpha value is -1.69. The molecule has 1 aromatic carbocycles. The first-order valence-electron chi connectivity index (χ1n) is 6.77. The fourth-order valence-electron chi connectivity index (χ4n) is 1.94. The summed E-state index contributed by atoms with van der Waals surface area (Å²) in [6.07, 6.45) is 2.25. The Labute approximate surface area is 127 Å². The summed E-state index contributed by atoms with van der Waals surface area (Å²) in [5, 5.41) is 11.7. The Morgan fingerprint density at radius 2 is 2.05 bits per heavy atom. The first-order valence-corrected chi connectivity index (χ1v) is 8.50. The number of carboxylic acids is 1. The normalized spacial score (nSPS) is 15.0. The van der Waals surface area contributed by atoms with Crippen LogP contribution in [0.4, 0.5) is 0 Å². The van der Waals surface area contributed by atoms with Crippen molar-refractivity contribution in [2.45, 2.75) is 32.1 Å². The summed E-state index contributed by atoms with van der Waals surface area (Å²) in [7, 11) is -0.991. The molecule has 6 heteroatoms. The molecular formula is C15H21NO4S. The standard InChI is InChI=1S/C15H21NO4S/c1-4-10(2)13(15(18)19)16-14(17)12-7-5-6-11(8-12)9-21(3)20/h5-8,10,13H,4,9H2,1-3H3,(H,16,17)(H,18,19). The van der Waals surface area contributed by atoms with E-state index in [1.807, 2.05) is 6.92 Å². The molecule has 3 unspecified atom stereocenters. The van der Waals surface area contributed by atoms with Crippen molar-refractivity contribution in [3.05, 3.63) is 35.4 Å². The molecule has 2 N–H and O–H groups in total. The van der Waals surface area contributed by atoms with E-state index in [9.17, 15) is 18.9 Å². The molecule has 0 bridgehead atoms. The molecular weight excluding hydrogens is 290 g/mol. The number of carboxylic acid groups (broad SMARTS) is 1. The third-order valence-corrected chi connectivity index (χ3v) is 4.06. The first kappa shape index (κ1) is 17.4. The summed E-state index contributed by atoms with van der Waals surface area (Å²) >= 11 is 0. The zero-order valence-corrected chi connectivity index (χ0v) is 13.3. The van der Waals surface area contributed by atoms with Gasteiger partial charge in [0.05, 0.1) is 0 Å². The highest BCUT2D eigenvalue weighted by molar-refractivity contribution is 7.83. The molecule has 1 rings (SSSR count).